The number of nitrogens with one attached hydrogen (secondary N) is 2. The van der Waals surface area contributed by atoms with Crippen LogP contribution in [-0.2, 0) is 4.79 Å². The van der Waals surface area contributed by atoms with Crippen LogP contribution in [-0.4, -0.2) is 34.5 Å². The highest BCUT2D eigenvalue weighted by molar-refractivity contribution is 8.00. The van der Waals surface area contributed by atoms with Crippen molar-refractivity contribution in [2.75, 3.05) is 5.75 Å². The number of rotatable bonds is 3. The molecule has 0 saturated carbocycles. The van der Waals surface area contributed by atoms with E-state index in [0.29, 0.717) is 11.3 Å². The molecule has 2 N–H and O–H groups in total. The van der Waals surface area contributed by atoms with E-state index in [-0.39, 0.29) is 17.5 Å². The molecular weight excluding hydrogens is 220 g/mol. The number of amides is 1. The third-order valence-corrected chi connectivity index (χ3v) is 4.06. The molecule has 94 valence electrons. The van der Waals surface area contributed by atoms with Crippen LogP contribution in [0.4, 0.5) is 0 Å². The lowest BCUT2D eigenvalue weighted by molar-refractivity contribution is -0.124. The molecule has 0 radical (unpaired) electrons. The first-order chi connectivity index (χ1) is 7.29. The van der Waals surface area contributed by atoms with Gasteiger partial charge >= 0.3 is 0 Å². The van der Waals surface area contributed by atoms with E-state index < -0.39 is 0 Å². The van der Waals surface area contributed by atoms with Crippen LogP contribution in [0.25, 0.3) is 0 Å². The lowest BCUT2D eigenvalue weighted by Crippen LogP contribution is -2.52. The molecule has 0 aromatic rings. The number of hydrogen-bond acceptors (Lipinski definition) is 3. The van der Waals surface area contributed by atoms with Gasteiger partial charge in [0.1, 0.15) is 0 Å². The third kappa shape index (κ3) is 4.34. The second-order valence-electron chi connectivity index (χ2n) is 5.60. The van der Waals surface area contributed by atoms with Crippen molar-refractivity contribution < 1.29 is 4.79 Å². The Labute approximate surface area is 103 Å². The zero-order valence-corrected chi connectivity index (χ0v) is 11.8. The van der Waals surface area contributed by atoms with Gasteiger partial charge in [-0.15, -0.1) is 0 Å². The molecule has 1 fully saturated rings. The van der Waals surface area contributed by atoms with Crippen LogP contribution in [0.1, 0.15) is 41.0 Å². The fourth-order valence-electron chi connectivity index (χ4n) is 1.83. The molecule has 1 aliphatic rings. The molecule has 0 bridgehead atoms. The van der Waals surface area contributed by atoms with E-state index in [1.807, 2.05) is 39.5 Å². The predicted molar refractivity (Wildman–Crippen MR) is 70.8 cm³/mol. The summed E-state index contributed by atoms with van der Waals surface area (Å²) >= 11 is 1.98. The average molecular weight is 244 g/mol. The van der Waals surface area contributed by atoms with Gasteiger partial charge < -0.3 is 10.6 Å². The molecule has 4 heteroatoms. The van der Waals surface area contributed by atoms with Crippen molar-refractivity contribution in [2.24, 2.45) is 0 Å². The van der Waals surface area contributed by atoms with E-state index in [4.69, 9.17) is 0 Å². The van der Waals surface area contributed by atoms with Crippen molar-refractivity contribution in [3.63, 3.8) is 0 Å². The Hall–Kier alpha value is -0.220. The van der Waals surface area contributed by atoms with Gasteiger partial charge in [-0.25, -0.2) is 0 Å². The Kier molecular flexibility index (Phi) is 4.68. The molecule has 1 amide bonds. The first kappa shape index (κ1) is 13.8. The van der Waals surface area contributed by atoms with Crippen LogP contribution >= 0.6 is 11.8 Å². The second kappa shape index (κ2) is 5.41. The average Bonchev–Trinajstić information content (AvgIpc) is 2.49. The molecule has 0 aromatic heterocycles. The quantitative estimate of drug-likeness (QED) is 0.795. The summed E-state index contributed by atoms with van der Waals surface area (Å²) in [5, 5.41) is 7.03. The minimum Gasteiger partial charge on any atom is -0.350 e. The van der Waals surface area contributed by atoms with Gasteiger partial charge in [-0.05, 0) is 39.9 Å². The van der Waals surface area contributed by atoms with Crippen LogP contribution in [0.15, 0.2) is 0 Å². The predicted octanol–water partition coefficient (Wildman–Crippen LogP) is 1.77. The van der Waals surface area contributed by atoms with Crippen LogP contribution in [0.2, 0.25) is 0 Å². The van der Waals surface area contributed by atoms with Crippen LogP contribution in [0, 0.1) is 0 Å². The summed E-state index contributed by atoms with van der Waals surface area (Å²) in [4.78, 5) is 11.9. The molecular formula is C12H24N2OS. The first-order valence-electron chi connectivity index (χ1n) is 5.99. The van der Waals surface area contributed by atoms with E-state index in [0.717, 1.165) is 0 Å². The van der Waals surface area contributed by atoms with Crippen LogP contribution in [0.5, 0.6) is 0 Å². The Morgan fingerprint density at radius 2 is 2.06 bits per heavy atom. The molecule has 0 aliphatic carbocycles. The fourth-order valence-corrected chi connectivity index (χ4v) is 3.03. The lowest BCUT2D eigenvalue weighted by Gasteiger charge is -2.26. The summed E-state index contributed by atoms with van der Waals surface area (Å²) in [6, 6.07) is 0.371. The maximum Gasteiger partial charge on any atom is 0.237 e. The number of carbonyl (C=O) groups is 1. The van der Waals surface area contributed by atoms with E-state index in [9.17, 15) is 4.79 Å². The Morgan fingerprint density at radius 3 is 2.50 bits per heavy atom. The summed E-state index contributed by atoms with van der Waals surface area (Å²) in [5.74, 6) is 1.29. The SMILES string of the molecule is CC(NC1CCSC1C)C(=O)NC(C)(C)C. The normalized spacial score (nSPS) is 27.8. The first-order valence-corrected chi connectivity index (χ1v) is 7.04. The molecule has 0 spiro atoms. The molecule has 1 rings (SSSR count). The summed E-state index contributed by atoms with van der Waals surface area (Å²) in [6.45, 7) is 10.2. The lowest BCUT2D eigenvalue weighted by atomic mass is 10.1. The van der Waals surface area contributed by atoms with Gasteiger partial charge in [-0.2, -0.15) is 11.8 Å². The monoisotopic (exact) mass is 244 g/mol. The third-order valence-electron chi connectivity index (χ3n) is 2.73. The number of carbonyl (C=O) groups excluding carboxylic acids is 1. The number of thioether (sulfide) groups is 1. The van der Waals surface area contributed by atoms with Gasteiger partial charge in [-0.3, -0.25) is 4.79 Å². The highest BCUT2D eigenvalue weighted by atomic mass is 32.2. The summed E-state index contributed by atoms with van der Waals surface area (Å²) in [5.41, 5.74) is -0.150. The van der Waals surface area contributed by atoms with E-state index in [1.165, 1.54) is 12.2 Å². The molecule has 1 saturated heterocycles. The molecule has 0 aromatic carbocycles. The van der Waals surface area contributed by atoms with Gasteiger partial charge in [0, 0.05) is 16.8 Å². The van der Waals surface area contributed by atoms with Crippen molar-refractivity contribution in [3.05, 3.63) is 0 Å². The Morgan fingerprint density at radius 1 is 1.44 bits per heavy atom. The van der Waals surface area contributed by atoms with Gasteiger partial charge in [0.15, 0.2) is 0 Å². The molecule has 3 nitrogen and oxygen atoms in total. The minimum atomic E-state index is -0.150. The standard InChI is InChI=1S/C12H24N2OS/c1-8(11(15)14-12(3,4)5)13-10-6-7-16-9(10)2/h8-10,13H,6-7H2,1-5H3,(H,14,15). The van der Waals surface area contributed by atoms with Crippen molar-refractivity contribution >= 4 is 17.7 Å². The maximum absolute atomic E-state index is 11.9. The largest absolute Gasteiger partial charge is 0.350 e. The zero-order valence-electron chi connectivity index (χ0n) is 11.0. The van der Waals surface area contributed by atoms with Gasteiger partial charge in [-0.1, -0.05) is 6.92 Å². The fraction of sp³-hybridized carbons (Fsp3) is 0.917. The minimum absolute atomic E-state index is 0.0941. The van der Waals surface area contributed by atoms with Crippen molar-refractivity contribution in [1.82, 2.24) is 10.6 Å². The topological polar surface area (TPSA) is 41.1 Å². The summed E-state index contributed by atoms with van der Waals surface area (Å²) in [7, 11) is 0. The zero-order chi connectivity index (χ0) is 12.3. The maximum atomic E-state index is 11.9. The van der Waals surface area contributed by atoms with Gasteiger partial charge in [0.25, 0.3) is 0 Å². The highest BCUT2D eigenvalue weighted by Crippen LogP contribution is 2.26. The summed E-state index contributed by atoms with van der Waals surface area (Å²) in [6.07, 6.45) is 1.17. The highest BCUT2D eigenvalue weighted by Gasteiger charge is 2.27. The van der Waals surface area contributed by atoms with Crippen molar-refractivity contribution in [3.8, 4) is 0 Å². The smallest absolute Gasteiger partial charge is 0.237 e. The Bertz CT molecular complexity index is 250. The van der Waals surface area contributed by atoms with Crippen LogP contribution in [0.3, 0.4) is 0 Å². The number of hydrogen-bond donors (Lipinski definition) is 2. The van der Waals surface area contributed by atoms with E-state index in [2.05, 4.69) is 17.6 Å². The Balaban J connectivity index is 2.39. The summed E-state index contributed by atoms with van der Waals surface area (Å²) < 4.78 is 0. The van der Waals surface area contributed by atoms with E-state index >= 15 is 0 Å². The molecule has 3 unspecified atom stereocenters. The molecule has 1 aliphatic heterocycles. The van der Waals surface area contributed by atoms with Gasteiger partial charge in [0.2, 0.25) is 5.91 Å². The van der Waals surface area contributed by atoms with Crippen molar-refractivity contribution in [2.45, 2.75) is 63.9 Å². The molecule has 16 heavy (non-hydrogen) atoms. The molecule has 1 heterocycles. The van der Waals surface area contributed by atoms with Crippen molar-refractivity contribution in [1.29, 1.82) is 0 Å². The van der Waals surface area contributed by atoms with Gasteiger partial charge in [0.05, 0.1) is 6.04 Å². The van der Waals surface area contributed by atoms with Crippen LogP contribution < -0.4 is 10.6 Å². The van der Waals surface area contributed by atoms with E-state index in [1.54, 1.807) is 0 Å². The molecule has 3 atom stereocenters. The second-order valence-corrected chi connectivity index (χ2v) is 7.08.